The third kappa shape index (κ3) is 2.54. The van der Waals surface area contributed by atoms with Gasteiger partial charge in [-0.25, -0.2) is 4.85 Å². The molecule has 0 bridgehead atoms. The first kappa shape index (κ1) is 9.17. The first-order chi connectivity index (χ1) is 6.88. The summed E-state index contributed by atoms with van der Waals surface area (Å²) < 4.78 is 0. The van der Waals surface area contributed by atoms with Crippen LogP contribution in [0.2, 0.25) is 0 Å². The van der Waals surface area contributed by atoms with E-state index in [9.17, 15) is 0 Å². The van der Waals surface area contributed by atoms with Crippen LogP contribution in [0.25, 0.3) is 4.85 Å². The van der Waals surface area contributed by atoms with Gasteiger partial charge >= 0.3 is 0 Å². The first-order valence-corrected chi connectivity index (χ1v) is 4.91. The van der Waals surface area contributed by atoms with Gasteiger partial charge in [-0.15, -0.1) is 0 Å². The molecule has 0 radical (unpaired) electrons. The minimum atomic E-state index is 0.607. The normalized spacial score (nSPS) is 15.1. The van der Waals surface area contributed by atoms with Gasteiger partial charge in [0.05, 0.1) is 12.3 Å². The molecule has 0 aliphatic heterocycles. The van der Waals surface area contributed by atoms with Crippen molar-refractivity contribution in [3.8, 4) is 0 Å². The molecule has 3 nitrogen and oxygen atoms in total. The molecule has 14 heavy (non-hydrogen) atoms. The monoisotopic (exact) mass is 187 g/mol. The highest BCUT2D eigenvalue weighted by atomic mass is 14.9. The number of nitrogens with one attached hydrogen (secondary N) is 1. The van der Waals surface area contributed by atoms with Gasteiger partial charge in [0.25, 0.3) is 0 Å². The van der Waals surface area contributed by atoms with Gasteiger partial charge in [-0.3, -0.25) is 4.98 Å². The standard InChI is InChI=1S/C11H13N3/c1-12-10-4-5-11(14-8-10)7-13-6-9-2-3-9/h4-5,8-9,13H,2-3,6-7H2. The Morgan fingerprint density at radius 1 is 1.50 bits per heavy atom. The Balaban J connectivity index is 1.80. The molecule has 0 atom stereocenters. The Kier molecular flexibility index (Phi) is 2.76. The molecule has 1 fully saturated rings. The molecule has 0 amide bonds. The zero-order valence-corrected chi connectivity index (χ0v) is 8.03. The van der Waals surface area contributed by atoms with Crippen molar-refractivity contribution in [3.63, 3.8) is 0 Å². The van der Waals surface area contributed by atoms with Crippen LogP contribution >= 0.6 is 0 Å². The highest BCUT2D eigenvalue weighted by molar-refractivity contribution is 5.41. The fourth-order valence-electron chi connectivity index (χ4n) is 1.31. The molecule has 1 aliphatic rings. The van der Waals surface area contributed by atoms with Gasteiger partial charge in [-0.1, -0.05) is 6.07 Å². The summed E-state index contributed by atoms with van der Waals surface area (Å²) in [5.41, 5.74) is 1.62. The van der Waals surface area contributed by atoms with Crippen molar-refractivity contribution >= 4 is 5.69 Å². The first-order valence-electron chi connectivity index (χ1n) is 4.91. The van der Waals surface area contributed by atoms with E-state index in [4.69, 9.17) is 6.57 Å². The lowest BCUT2D eigenvalue weighted by Crippen LogP contribution is -2.16. The number of hydrogen-bond acceptors (Lipinski definition) is 2. The smallest absolute Gasteiger partial charge is 0.205 e. The Hall–Kier alpha value is -1.40. The van der Waals surface area contributed by atoms with Gasteiger partial charge < -0.3 is 5.32 Å². The van der Waals surface area contributed by atoms with E-state index in [0.717, 1.165) is 24.7 Å². The van der Waals surface area contributed by atoms with Crippen LogP contribution in [0.5, 0.6) is 0 Å². The number of pyridine rings is 1. The number of hydrogen-bond donors (Lipinski definition) is 1. The molecule has 0 saturated heterocycles. The van der Waals surface area contributed by atoms with Gasteiger partial charge in [0.15, 0.2) is 0 Å². The molecule has 3 heteroatoms. The van der Waals surface area contributed by atoms with Crippen molar-refractivity contribution in [3.05, 3.63) is 35.4 Å². The minimum absolute atomic E-state index is 0.607. The average molecular weight is 187 g/mol. The Labute approximate surface area is 84.0 Å². The van der Waals surface area contributed by atoms with Crippen molar-refractivity contribution in [1.29, 1.82) is 0 Å². The van der Waals surface area contributed by atoms with Crippen molar-refractivity contribution in [2.45, 2.75) is 19.4 Å². The van der Waals surface area contributed by atoms with Gasteiger partial charge in [0.2, 0.25) is 5.69 Å². The maximum atomic E-state index is 6.79. The molecule has 1 N–H and O–H groups in total. The third-order valence-electron chi connectivity index (χ3n) is 2.37. The summed E-state index contributed by atoms with van der Waals surface area (Å²) in [6.45, 7) is 8.70. The van der Waals surface area contributed by atoms with E-state index in [-0.39, 0.29) is 0 Å². The quantitative estimate of drug-likeness (QED) is 0.732. The van der Waals surface area contributed by atoms with Gasteiger partial charge in [0.1, 0.15) is 0 Å². The molecular formula is C11H13N3. The van der Waals surface area contributed by atoms with Crippen LogP contribution in [0.4, 0.5) is 5.69 Å². The van der Waals surface area contributed by atoms with E-state index < -0.39 is 0 Å². The third-order valence-corrected chi connectivity index (χ3v) is 2.37. The molecule has 1 heterocycles. The summed E-state index contributed by atoms with van der Waals surface area (Å²) in [6.07, 6.45) is 4.37. The summed E-state index contributed by atoms with van der Waals surface area (Å²) >= 11 is 0. The number of nitrogens with zero attached hydrogens (tertiary/aromatic N) is 2. The Morgan fingerprint density at radius 3 is 2.93 bits per heavy atom. The number of rotatable bonds is 4. The van der Waals surface area contributed by atoms with Crippen molar-refractivity contribution in [2.75, 3.05) is 6.54 Å². The Morgan fingerprint density at radius 2 is 2.36 bits per heavy atom. The van der Waals surface area contributed by atoms with E-state index in [1.807, 2.05) is 12.1 Å². The second-order valence-corrected chi connectivity index (χ2v) is 3.69. The second kappa shape index (κ2) is 4.21. The molecular weight excluding hydrogens is 174 g/mol. The maximum absolute atomic E-state index is 6.79. The molecule has 0 aromatic carbocycles. The van der Waals surface area contributed by atoms with Crippen molar-refractivity contribution < 1.29 is 0 Å². The number of aromatic nitrogens is 1. The summed E-state index contributed by atoms with van der Waals surface area (Å²) in [4.78, 5) is 7.49. The molecule has 0 unspecified atom stereocenters. The average Bonchev–Trinajstić information content (AvgIpc) is 3.03. The van der Waals surface area contributed by atoms with Gasteiger partial charge in [0, 0.05) is 12.7 Å². The molecule has 0 spiro atoms. The lowest BCUT2D eigenvalue weighted by atomic mass is 10.3. The molecule has 1 aromatic heterocycles. The predicted octanol–water partition coefficient (Wildman–Crippen LogP) is 2.13. The van der Waals surface area contributed by atoms with E-state index in [1.165, 1.54) is 12.8 Å². The zero-order valence-electron chi connectivity index (χ0n) is 8.03. The summed E-state index contributed by atoms with van der Waals surface area (Å²) in [7, 11) is 0. The van der Waals surface area contributed by atoms with Crippen LogP contribution < -0.4 is 5.32 Å². The van der Waals surface area contributed by atoms with Crippen LogP contribution in [-0.4, -0.2) is 11.5 Å². The highest BCUT2D eigenvalue weighted by Gasteiger charge is 2.20. The summed E-state index contributed by atoms with van der Waals surface area (Å²) in [5, 5.41) is 3.36. The van der Waals surface area contributed by atoms with Crippen LogP contribution in [-0.2, 0) is 6.54 Å². The maximum Gasteiger partial charge on any atom is 0.205 e. The van der Waals surface area contributed by atoms with Crippen molar-refractivity contribution in [1.82, 2.24) is 10.3 Å². The van der Waals surface area contributed by atoms with Crippen LogP contribution in [0, 0.1) is 12.5 Å². The van der Waals surface area contributed by atoms with Gasteiger partial charge in [-0.05, 0) is 31.4 Å². The largest absolute Gasteiger partial charge is 0.311 e. The molecule has 1 aromatic rings. The fraction of sp³-hybridized carbons (Fsp3) is 0.455. The van der Waals surface area contributed by atoms with Gasteiger partial charge in [-0.2, -0.15) is 0 Å². The predicted molar refractivity (Wildman–Crippen MR) is 54.9 cm³/mol. The van der Waals surface area contributed by atoms with Crippen LogP contribution in [0.3, 0.4) is 0 Å². The van der Waals surface area contributed by atoms with Crippen molar-refractivity contribution in [2.24, 2.45) is 5.92 Å². The minimum Gasteiger partial charge on any atom is -0.311 e. The summed E-state index contributed by atoms with van der Waals surface area (Å²) in [5.74, 6) is 0.900. The summed E-state index contributed by atoms with van der Waals surface area (Å²) in [6, 6.07) is 3.72. The van der Waals surface area contributed by atoms with E-state index in [2.05, 4.69) is 15.1 Å². The lowest BCUT2D eigenvalue weighted by molar-refractivity contribution is 0.630. The molecule has 1 saturated carbocycles. The highest BCUT2D eigenvalue weighted by Crippen LogP contribution is 2.27. The molecule has 1 aliphatic carbocycles. The van der Waals surface area contributed by atoms with E-state index in [1.54, 1.807) is 6.20 Å². The van der Waals surface area contributed by atoms with E-state index in [0.29, 0.717) is 5.69 Å². The van der Waals surface area contributed by atoms with E-state index >= 15 is 0 Å². The van der Waals surface area contributed by atoms with Crippen LogP contribution in [0.15, 0.2) is 18.3 Å². The zero-order chi connectivity index (χ0) is 9.80. The topological polar surface area (TPSA) is 29.3 Å². The molecule has 72 valence electrons. The fourth-order valence-corrected chi connectivity index (χ4v) is 1.31. The molecule has 2 rings (SSSR count). The Bertz CT molecular complexity index is 333. The lowest BCUT2D eigenvalue weighted by Gasteiger charge is -2.02. The SMILES string of the molecule is [C-]#[N+]c1ccc(CNCC2CC2)nc1. The van der Waals surface area contributed by atoms with Crippen LogP contribution in [0.1, 0.15) is 18.5 Å². The second-order valence-electron chi connectivity index (χ2n) is 3.69.